The molecule has 5 heteroatoms. The Morgan fingerprint density at radius 1 is 1.22 bits per heavy atom. The third-order valence-electron chi connectivity index (χ3n) is 2.96. The molecule has 1 heterocycles. The summed E-state index contributed by atoms with van der Waals surface area (Å²) in [5, 5.41) is -0.0345. The third-order valence-corrected chi connectivity index (χ3v) is 3.62. The van der Waals surface area contributed by atoms with E-state index in [2.05, 4.69) is 0 Å². The standard InChI is InChI=1S/C13H13Cl2NO2/c14-10-6-4-9(5-7-10)12(17)16-8-2-1-3-11(15)13(16)18/h4-7,11H,1-3,8H2/t11-/m0/s1. The zero-order chi connectivity index (χ0) is 13.1. The first kappa shape index (κ1) is 13.4. The summed E-state index contributed by atoms with van der Waals surface area (Å²) in [6.07, 6.45) is 2.30. The summed E-state index contributed by atoms with van der Waals surface area (Å²) in [5.41, 5.74) is 0.457. The van der Waals surface area contributed by atoms with Gasteiger partial charge in [-0.05, 0) is 43.5 Å². The summed E-state index contributed by atoms with van der Waals surface area (Å²) in [7, 11) is 0. The molecular formula is C13H13Cl2NO2. The van der Waals surface area contributed by atoms with E-state index in [9.17, 15) is 9.59 Å². The fourth-order valence-electron chi connectivity index (χ4n) is 1.95. The Balaban J connectivity index is 2.21. The molecule has 2 amide bonds. The Hall–Kier alpha value is -1.06. The van der Waals surface area contributed by atoms with Crippen LogP contribution >= 0.6 is 23.2 Å². The van der Waals surface area contributed by atoms with Crippen molar-refractivity contribution in [3.8, 4) is 0 Å². The van der Waals surface area contributed by atoms with E-state index in [1.807, 2.05) is 0 Å². The number of imide groups is 1. The van der Waals surface area contributed by atoms with Crippen molar-refractivity contribution in [2.24, 2.45) is 0 Å². The quantitative estimate of drug-likeness (QED) is 0.587. The van der Waals surface area contributed by atoms with Gasteiger partial charge in [0, 0.05) is 17.1 Å². The second kappa shape index (κ2) is 5.72. The van der Waals surface area contributed by atoms with Crippen LogP contribution in [0.2, 0.25) is 5.02 Å². The third kappa shape index (κ3) is 2.85. The average molecular weight is 286 g/mol. The molecule has 1 aromatic carbocycles. The van der Waals surface area contributed by atoms with Crippen molar-refractivity contribution in [2.75, 3.05) is 6.54 Å². The molecule has 96 valence electrons. The Morgan fingerprint density at radius 2 is 1.89 bits per heavy atom. The zero-order valence-electron chi connectivity index (χ0n) is 9.73. The number of rotatable bonds is 1. The Bertz CT molecular complexity index is 459. The smallest absolute Gasteiger partial charge is 0.260 e. The topological polar surface area (TPSA) is 37.4 Å². The molecule has 2 rings (SSSR count). The van der Waals surface area contributed by atoms with Crippen molar-refractivity contribution < 1.29 is 9.59 Å². The lowest BCUT2D eigenvalue weighted by Crippen LogP contribution is -2.40. The normalized spacial score (nSPS) is 20.7. The van der Waals surface area contributed by atoms with Crippen LogP contribution in [-0.4, -0.2) is 28.6 Å². The van der Waals surface area contributed by atoms with Gasteiger partial charge in [0.25, 0.3) is 5.91 Å². The zero-order valence-corrected chi connectivity index (χ0v) is 11.2. The molecular weight excluding hydrogens is 273 g/mol. The molecule has 0 unspecified atom stereocenters. The number of hydrogen-bond donors (Lipinski definition) is 0. The summed E-state index contributed by atoms with van der Waals surface area (Å²) >= 11 is 11.7. The van der Waals surface area contributed by atoms with Gasteiger partial charge in [-0.1, -0.05) is 11.6 Å². The summed E-state index contributed by atoms with van der Waals surface area (Å²) < 4.78 is 0. The van der Waals surface area contributed by atoms with Gasteiger partial charge in [0.15, 0.2) is 0 Å². The van der Waals surface area contributed by atoms with Crippen molar-refractivity contribution in [3.05, 3.63) is 34.9 Å². The number of carbonyl (C=O) groups is 2. The van der Waals surface area contributed by atoms with Gasteiger partial charge in [0.05, 0.1) is 0 Å². The number of carbonyl (C=O) groups excluding carboxylic acids is 2. The molecule has 1 aliphatic rings. The number of hydrogen-bond acceptors (Lipinski definition) is 2. The van der Waals surface area contributed by atoms with Gasteiger partial charge in [-0.2, -0.15) is 0 Å². The molecule has 0 bridgehead atoms. The Kier molecular flexibility index (Phi) is 4.25. The van der Waals surface area contributed by atoms with Crippen LogP contribution < -0.4 is 0 Å². The van der Waals surface area contributed by atoms with Crippen LogP contribution in [0.4, 0.5) is 0 Å². The van der Waals surface area contributed by atoms with Gasteiger partial charge in [0.2, 0.25) is 5.91 Å². The molecule has 1 fully saturated rings. The molecule has 18 heavy (non-hydrogen) atoms. The van der Waals surface area contributed by atoms with E-state index in [0.29, 0.717) is 23.6 Å². The number of halogens is 2. The summed E-state index contributed by atoms with van der Waals surface area (Å²) in [6.45, 7) is 0.434. The molecule has 1 aromatic rings. The average Bonchev–Trinajstić information content (AvgIpc) is 2.53. The maximum Gasteiger partial charge on any atom is 0.260 e. The maximum atomic E-state index is 12.2. The molecule has 0 N–H and O–H groups in total. The van der Waals surface area contributed by atoms with Crippen molar-refractivity contribution >= 4 is 35.0 Å². The second-order valence-electron chi connectivity index (χ2n) is 4.27. The van der Waals surface area contributed by atoms with Crippen molar-refractivity contribution in [2.45, 2.75) is 24.6 Å². The summed E-state index contributed by atoms with van der Waals surface area (Å²) in [6, 6.07) is 6.50. The van der Waals surface area contributed by atoms with Gasteiger partial charge >= 0.3 is 0 Å². The monoisotopic (exact) mass is 285 g/mol. The van der Waals surface area contributed by atoms with E-state index in [1.165, 1.54) is 4.90 Å². The first-order chi connectivity index (χ1) is 8.59. The number of benzene rings is 1. The van der Waals surface area contributed by atoms with Crippen molar-refractivity contribution in [1.29, 1.82) is 0 Å². The highest BCUT2D eigenvalue weighted by Gasteiger charge is 2.30. The highest BCUT2D eigenvalue weighted by Crippen LogP contribution is 2.19. The molecule has 3 nitrogen and oxygen atoms in total. The second-order valence-corrected chi connectivity index (χ2v) is 5.23. The molecule has 0 aromatic heterocycles. The van der Waals surface area contributed by atoms with Crippen LogP contribution in [-0.2, 0) is 4.79 Å². The highest BCUT2D eigenvalue weighted by atomic mass is 35.5. The van der Waals surface area contributed by atoms with Crippen LogP contribution in [0.5, 0.6) is 0 Å². The first-order valence-electron chi connectivity index (χ1n) is 5.85. The lowest BCUT2D eigenvalue weighted by molar-refractivity contribution is -0.127. The maximum absolute atomic E-state index is 12.2. The Morgan fingerprint density at radius 3 is 2.56 bits per heavy atom. The van der Waals surface area contributed by atoms with Gasteiger partial charge in [-0.15, -0.1) is 11.6 Å². The van der Waals surface area contributed by atoms with Crippen LogP contribution in [0.25, 0.3) is 0 Å². The van der Waals surface area contributed by atoms with Gasteiger partial charge < -0.3 is 0 Å². The SMILES string of the molecule is O=C(c1ccc(Cl)cc1)N1CCCC[C@H](Cl)C1=O. The van der Waals surface area contributed by atoms with E-state index in [1.54, 1.807) is 24.3 Å². The summed E-state index contributed by atoms with van der Waals surface area (Å²) in [5.74, 6) is -0.599. The van der Waals surface area contributed by atoms with Crippen molar-refractivity contribution in [3.63, 3.8) is 0 Å². The van der Waals surface area contributed by atoms with Crippen LogP contribution in [0.1, 0.15) is 29.6 Å². The van der Waals surface area contributed by atoms with E-state index in [0.717, 1.165) is 12.8 Å². The van der Waals surface area contributed by atoms with E-state index < -0.39 is 5.38 Å². The lowest BCUT2D eigenvalue weighted by Gasteiger charge is -2.20. The first-order valence-corrected chi connectivity index (χ1v) is 6.66. The number of likely N-dealkylation sites (tertiary alicyclic amines) is 1. The minimum atomic E-state index is -0.594. The molecule has 0 aliphatic carbocycles. The van der Waals surface area contributed by atoms with Gasteiger partial charge in [0.1, 0.15) is 5.38 Å². The molecule has 1 saturated heterocycles. The van der Waals surface area contributed by atoms with E-state index in [4.69, 9.17) is 23.2 Å². The number of alkyl halides is 1. The van der Waals surface area contributed by atoms with Crippen LogP contribution in [0.3, 0.4) is 0 Å². The Labute approximate surface area is 116 Å². The van der Waals surface area contributed by atoms with Gasteiger partial charge in [-0.3, -0.25) is 14.5 Å². The highest BCUT2D eigenvalue weighted by molar-refractivity contribution is 6.32. The van der Waals surface area contributed by atoms with E-state index >= 15 is 0 Å². The van der Waals surface area contributed by atoms with Crippen LogP contribution in [0.15, 0.2) is 24.3 Å². The fourth-order valence-corrected chi connectivity index (χ4v) is 2.34. The molecule has 0 spiro atoms. The van der Waals surface area contributed by atoms with Crippen molar-refractivity contribution in [1.82, 2.24) is 4.90 Å². The molecule has 1 aliphatic heterocycles. The molecule has 0 saturated carbocycles. The molecule has 0 radical (unpaired) electrons. The predicted molar refractivity (Wildman–Crippen MR) is 71.0 cm³/mol. The summed E-state index contributed by atoms with van der Waals surface area (Å²) in [4.78, 5) is 25.4. The molecule has 1 atom stereocenters. The lowest BCUT2D eigenvalue weighted by atomic mass is 10.2. The van der Waals surface area contributed by atoms with Gasteiger partial charge in [-0.25, -0.2) is 0 Å². The largest absolute Gasteiger partial charge is 0.277 e. The fraction of sp³-hybridized carbons (Fsp3) is 0.385. The minimum absolute atomic E-state index is 0.297. The van der Waals surface area contributed by atoms with Crippen LogP contribution in [0, 0.1) is 0 Å². The number of amides is 2. The van der Waals surface area contributed by atoms with E-state index in [-0.39, 0.29) is 11.8 Å². The predicted octanol–water partition coefficient (Wildman–Crippen LogP) is 3.10. The number of nitrogens with zero attached hydrogens (tertiary/aromatic N) is 1. The minimum Gasteiger partial charge on any atom is -0.277 e.